The summed E-state index contributed by atoms with van der Waals surface area (Å²) < 4.78 is 95.6. The number of carbonyl (C=O) groups excluding carboxylic acids is 1. The number of aromatic nitrogens is 2. The maximum absolute atomic E-state index is 14.6. The molecule has 184 valence electrons. The van der Waals surface area contributed by atoms with E-state index in [1.165, 1.54) is 14.1 Å². The van der Waals surface area contributed by atoms with Crippen molar-refractivity contribution in [1.29, 1.82) is 0 Å². The van der Waals surface area contributed by atoms with Crippen LogP contribution >= 0.6 is 0 Å². The molecule has 0 aliphatic carbocycles. The molecule has 0 spiro atoms. The number of halogens is 7. The summed E-state index contributed by atoms with van der Waals surface area (Å²) in [6, 6.07) is 5.00. The molecular weight excluding hydrogens is 473 g/mol. The summed E-state index contributed by atoms with van der Waals surface area (Å²) in [5, 5.41) is 0. The summed E-state index contributed by atoms with van der Waals surface area (Å²) in [5.41, 5.74) is -1.89. The number of carbonyl (C=O) groups is 1. The van der Waals surface area contributed by atoms with Crippen molar-refractivity contribution in [2.24, 2.45) is 0 Å². The predicted molar refractivity (Wildman–Crippen MR) is 110 cm³/mol. The van der Waals surface area contributed by atoms with E-state index in [-0.39, 0.29) is 18.1 Å². The molecule has 3 rings (SSSR count). The fourth-order valence-corrected chi connectivity index (χ4v) is 3.52. The Bertz CT molecular complexity index is 1310. The molecule has 2 aromatic carbocycles. The molecule has 0 aliphatic rings. The Kier molecular flexibility index (Phi) is 5.96. The van der Waals surface area contributed by atoms with Crippen LogP contribution in [0.4, 0.5) is 41.2 Å². The van der Waals surface area contributed by atoms with E-state index >= 15 is 0 Å². The van der Waals surface area contributed by atoms with Crippen molar-refractivity contribution in [3.05, 3.63) is 63.6 Å². The number of imidazole rings is 1. The highest BCUT2D eigenvalue weighted by Crippen LogP contribution is 2.53. The standard InChI is InChI=1S/C21H19F7N4O2/c1-11-8-12(4-6-14(11)29)10-31-15-7-5-13(19(22,20(23,24)25)21(26,27)28)9-16(15)32(18(31)34)17(33)30(2)3/h4-9H,10,29H2,1-3H3. The van der Waals surface area contributed by atoms with Gasteiger partial charge in [-0.3, -0.25) is 4.57 Å². The number of fused-ring (bicyclic) bond motifs is 1. The summed E-state index contributed by atoms with van der Waals surface area (Å²) in [4.78, 5) is 26.6. The topological polar surface area (TPSA) is 73.3 Å². The van der Waals surface area contributed by atoms with Gasteiger partial charge in [-0.15, -0.1) is 0 Å². The van der Waals surface area contributed by atoms with Crippen LogP contribution in [0.1, 0.15) is 16.7 Å². The number of hydrogen-bond acceptors (Lipinski definition) is 3. The van der Waals surface area contributed by atoms with Gasteiger partial charge in [0.25, 0.3) is 0 Å². The van der Waals surface area contributed by atoms with Crippen LogP contribution in [-0.2, 0) is 12.2 Å². The van der Waals surface area contributed by atoms with Crippen LogP contribution in [0.3, 0.4) is 0 Å². The first-order valence-corrected chi connectivity index (χ1v) is 9.65. The maximum Gasteiger partial charge on any atom is 0.435 e. The molecule has 0 saturated carbocycles. The Morgan fingerprint density at radius 1 is 0.941 bits per heavy atom. The van der Waals surface area contributed by atoms with Gasteiger partial charge in [-0.1, -0.05) is 18.2 Å². The minimum absolute atomic E-state index is 0.162. The first kappa shape index (κ1) is 25.1. The van der Waals surface area contributed by atoms with E-state index < -0.39 is 40.8 Å². The minimum atomic E-state index is -6.35. The third-order valence-corrected chi connectivity index (χ3v) is 5.36. The van der Waals surface area contributed by atoms with Gasteiger partial charge < -0.3 is 10.6 Å². The molecule has 1 aromatic heterocycles. The van der Waals surface area contributed by atoms with Gasteiger partial charge in [-0.2, -0.15) is 26.3 Å². The highest BCUT2D eigenvalue weighted by Gasteiger charge is 2.73. The van der Waals surface area contributed by atoms with E-state index in [0.29, 0.717) is 27.4 Å². The van der Waals surface area contributed by atoms with Gasteiger partial charge in [0.05, 0.1) is 17.6 Å². The van der Waals surface area contributed by atoms with Crippen molar-refractivity contribution in [1.82, 2.24) is 14.0 Å². The molecular formula is C21H19F7N4O2. The van der Waals surface area contributed by atoms with E-state index in [1.807, 2.05) is 0 Å². The second-order valence-corrected chi connectivity index (χ2v) is 7.93. The predicted octanol–water partition coefficient (Wildman–Crippen LogP) is 4.56. The molecule has 3 aromatic rings. The van der Waals surface area contributed by atoms with E-state index in [2.05, 4.69) is 0 Å². The number of nitrogens with two attached hydrogens (primary N) is 1. The number of aryl methyl sites for hydroxylation is 1. The van der Waals surface area contributed by atoms with E-state index in [0.717, 1.165) is 15.5 Å². The number of benzene rings is 2. The van der Waals surface area contributed by atoms with E-state index in [9.17, 15) is 40.3 Å². The van der Waals surface area contributed by atoms with Gasteiger partial charge in [0, 0.05) is 25.3 Å². The summed E-state index contributed by atoms with van der Waals surface area (Å²) >= 11 is 0. The lowest BCUT2D eigenvalue weighted by molar-refractivity contribution is -0.348. The third-order valence-electron chi connectivity index (χ3n) is 5.36. The molecule has 13 heteroatoms. The van der Waals surface area contributed by atoms with Crippen molar-refractivity contribution in [2.75, 3.05) is 19.8 Å². The molecule has 1 amide bonds. The van der Waals surface area contributed by atoms with Gasteiger partial charge >= 0.3 is 29.7 Å². The summed E-state index contributed by atoms with van der Waals surface area (Å²) in [6.45, 7) is 1.52. The molecule has 0 bridgehead atoms. The fourth-order valence-electron chi connectivity index (χ4n) is 3.52. The number of anilines is 1. The number of alkyl halides is 7. The fraction of sp³-hybridized carbons (Fsp3) is 0.333. The smallest absolute Gasteiger partial charge is 0.399 e. The summed E-state index contributed by atoms with van der Waals surface area (Å²) in [7, 11) is 2.46. The zero-order chi connectivity index (χ0) is 25.8. The number of rotatable bonds is 3. The van der Waals surface area contributed by atoms with Crippen LogP contribution in [0.2, 0.25) is 0 Å². The highest BCUT2D eigenvalue weighted by molar-refractivity contribution is 5.90. The number of amides is 1. The Morgan fingerprint density at radius 2 is 1.53 bits per heavy atom. The van der Waals surface area contributed by atoms with Gasteiger partial charge in [0.1, 0.15) is 0 Å². The van der Waals surface area contributed by atoms with Crippen LogP contribution in [0.25, 0.3) is 11.0 Å². The molecule has 0 atom stereocenters. The van der Waals surface area contributed by atoms with Crippen LogP contribution in [-0.4, -0.2) is 46.5 Å². The summed E-state index contributed by atoms with van der Waals surface area (Å²) in [6.07, 6.45) is -12.7. The van der Waals surface area contributed by atoms with Crippen LogP contribution in [0, 0.1) is 6.92 Å². The average molecular weight is 492 g/mol. The molecule has 0 radical (unpaired) electrons. The molecule has 0 fully saturated rings. The Morgan fingerprint density at radius 3 is 2.03 bits per heavy atom. The van der Waals surface area contributed by atoms with Gasteiger partial charge in [-0.25, -0.2) is 18.5 Å². The van der Waals surface area contributed by atoms with Crippen molar-refractivity contribution in [3.8, 4) is 0 Å². The molecule has 2 N–H and O–H groups in total. The number of hydrogen-bond donors (Lipinski definition) is 1. The lowest BCUT2D eigenvalue weighted by Gasteiger charge is -2.30. The second kappa shape index (κ2) is 8.06. The number of nitrogen functional groups attached to an aromatic ring is 1. The van der Waals surface area contributed by atoms with Crippen LogP contribution in [0.15, 0.2) is 41.2 Å². The lowest BCUT2D eigenvalue weighted by atomic mass is 9.93. The molecule has 34 heavy (non-hydrogen) atoms. The quantitative estimate of drug-likeness (QED) is 0.431. The zero-order valence-electron chi connectivity index (χ0n) is 18.1. The van der Waals surface area contributed by atoms with Crippen molar-refractivity contribution < 1.29 is 35.5 Å². The van der Waals surface area contributed by atoms with Crippen molar-refractivity contribution in [3.63, 3.8) is 0 Å². The normalized spacial score (nSPS) is 12.9. The minimum Gasteiger partial charge on any atom is -0.399 e. The van der Waals surface area contributed by atoms with E-state index in [1.54, 1.807) is 25.1 Å². The molecule has 0 saturated heterocycles. The lowest BCUT2D eigenvalue weighted by Crippen LogP contribution is -2.50. The Balaban J connectivity index is 2.33. The maximum atomic E-state index is 14.6. The molecule has 6 nitrogen and oxygen atoms in total. The molecule has 1 heterocycles. The monoisotopic (exact) mass is 492 g/mol. The van der Waals surface area contributed by atoms with Gasteiger partial charge in [-0.05, 0) is 36.2 Å². The summed E-state index contributed by atoms with van der Waals surface area (Å²) in [5.74, 6) is 0. The van der Waals surface area contributed by atoms with Crippen molar-refractivity contribution >= 4 is 22.8 Å². The van der Waals surface area contributed by atoms with Crippen LogP contribution < -0.4 is 11.4 Å². The first-order chi connectivity index (χ1) is 15.5. The number of nitrogens with zero attached hydrogens (tertiary/aromatic N) is 3. The first-order valence-electron chi connectivity index (χ1n) is 9.65. The molecule has 0 aliphatic heterocycles. The van der Waals surface area contributed by atoms with Crippen LogP contribution in [0.5, 0.6) is 0 Å². The SMILES string of the molecule is Cc1cc(Cn2c(=O)n(C(=O)N(C)C)c3cc(C(F)(C(F)(F)F)C(F)(F)F)ccc32)ccc1N. The second-order valence-electron chi connectivity index (χ2n) is 7.93. The Hall–Kier alpha value is -3.51. The Labute approximate surface area is 188 Å². The average Bonchev–Trinajstić information content (AvgIpc) is 2.98. The highest BCUT2D eigenvalue weighted by atomic mass is 19.4. The van der Waals surface area contributed by atoms with Crippen molar-refractivity contribution in [2.45, 2.75) is 31.5 Å². The molecule has 0 unspecified atom stereocenters. The van der Waals surface area contributed by atoms with Gasteiger partial charge in [0.15, 0.2) is 0 Å². The zero-order valence-corrected chi connectivity index (χ0v) is 18.1. The van der Waals surface area contributed by atoms with E-state index in [4.69, 9.17) is 5.73 Å². The van der Waals surface area contributed by atoms with Gasteiger partial charge in [0.2, 0.25) is 0 Å². The third kappa shape index (κ3) is 3.88. The largest absolute Gasteiger partial charge is 0.435 e.